The summed E-state index contributed by atoms with van der Waals surface area (Å²) >= 11 is 0. The van der Waals surface area contributed by atoms with Crippen molar-refractivity contribution in [2.75, 3.05) is 13.2 Å². The van der Waals surface area contributed by atoms with Crippen molar-refractivity contribution in [1.82, 2.24) is 0 Å². The second kappa shape index (κ2) is 17.9. The SMILES string of the molecule is CCCCCCCCC(CCC)O[C@H](O)[C@@H](O)C(O)[C@@H](CCO)O[C@H]1OC(CO)[C@@H](O)C(O)C1O. The van der Waals surface area contributed by atoms with E-state index in [4.69, 9.17) is 14.2 Å². The van der Waals surface area contributed by atoms with E-state index in [-0.39, 0.29) is 12.5 Å². The molecule has 1 aliphatic heterocycles. The van der Waals surface area contributed by atoms with E-state index < -0.39 is 68.5 Å². The number of rotatable bonds is 19. The van der Waals surface area contributed by atoms with Crippen molar-refractivity contribution < 1.29 is 55.1 Å². The molecule has 1 fully saturated rings. The van der Waals surface area contributed by atoms with Crippen LogP contribution in [0.2, 0.25) is 0 Å². The lowest BCUT2D eigenvalue weighted by Crippen LogP contribution is -2.60. The number of ether oxygens (including phenoxy) is 3. The van der Waals surface area contributed by atoms with Crippen LogP contribution >= 0.6 is 0 Å². The van der Waals surface area contributed by atoms with Gasteiger partial charge in [-0.25, -0.2) is 0 Å². The minimum absolute atomic E-state index is 0.198. The minimum atomic E-state index is -1.79. The Morgan fingerprint density at radius 1 is 0.743 bits per heavy atom. The number of aliphatic hydroxyl groups is 8. The van der Waals surface area contributed by atoms with Gasteiger partial charge in [0.2, 0.25) is 0 Å². The maximum absolute atomic E-state index is 10.7. The summed E-state index contributed by atoms with van der Waals surface area (Å²) in [6.07, 6.45) is -5.97. The fourth-order valence-electron chi connectivity index (χ4n) is 4.22. The molecule has 0 spiro atoms. The summed E-state index contributed by atoms with van der Waals surface area (Å²) in [5, 5.41) is 80.4. The molecule has 0 bridgehead atoms. The van der Waals surface area contributed by atoms with Gasteiger partial charge in [0.15, 0.2) is 12.6 Å². The van der Waals surface area contributed by atoms with E-state index in [9.17, 15) is 40.9 Å². The van der Waals surface area contributed by atoms with Crippen LogP contribution in [0.3, 0.4) is 0 Å². The first-order chi connectivity index (χ1) is 16.7. The van der Waals surface area contributed by atoms with E-state index in [0.717, 1.165) is 25.7 Å². The van der Waals surface area contributed by atoms with Crippen LogP contribution in [0.1, 0.15) is 78.1 Å². The lowest BCUT2D eigenvalue weighted by atomic mass is 9.98. The lowest BCUT2D eigenvalue weighted by molar-refractivity contribution is -0.323. The van der Waals surface area contributed by atoms with Crippen molar-refractivity contribution in [2.24, 2.45) is 0 Å². The Morgan fingerprint density at radius 3 is 2.00 bits per heavy atom. The number of unbranched alkanes of at least 4 members (excludes halogenated alkanes) is 5. The highest BCUT2D eigenvalue weighted by Crippen LogP contribution is 2.25. The molecule has 0 radical (unpaired) electrons. The van der Waals surface area contributed by atoms with Gasteiger partial charge in [0, 0.05) is 6.61 Å². The molecule has 10 atom stereocenters. The minimum Gasteiger partial charge on any atom is -0.396 e. The van der Waals surface area contributed by atoms with Gasteiger partial charge in [-0.2, -0.15) is 0 Å². The van der Waals surface area contributed by atoms with Crippen LogP contribution in [0, 0.1) is 0 Å². The topological polar surface area (TPSA) is 190 Å². The first kappa shape index (κ1) is 32.6. The predicted molar refractivity (Wildman–Crippen MR) is 126 cm³/mol. The standard InChI is InChI=1S/C24H48O11/c1-3-5-6-7-8-9-11-15(10-4-2)33-23(32)21(30)18(27)16(12-13-25)34-24-22(31)20(29)19(28)17(14-26)35-24/h15-32H,3-14H2,1-2H3/t15?,16-,17?,18?,19-,20?,21+,22?,23+,24+/m1/s1. The van der Waals surface area contributed by atoms with Gasteiger partial charge in [-0.05, 0) is 19.3 Å². The molecule has 35 heavy (non-hydrogen) atoms. The van der Waals surface area contributed by atoms with Gasteiger partial charge < -0.3 is 55.1 Å². The van der Waals surface area contributed by atoms with Crippen LogP contribution in [0.15, 0.2) is 0 Å². The molecular weight excluding hydrogens is 464 g/mol. The van der Waals surface area contributed by atoms with Crippen molar-refractivity contribution in [2.45, 2.75) is 139 Å². The highest BCUT2D eigenvalue weighted by molar-refractivity contribution is 4.90. The molecule has 1 rings (SSSR count). The Labute approximate surface area is 208 Å². The average Bonchev–Trinajstić information content (AvgIpc) is 2.84. The molecule has 210 valence electrons. The molecule has 0 amide bonds. The van der Waals surface area contributed by atoms with Gasteiger partial charge in [0.25, 0.3) is 0 Å². The quantitative estimate of drug-likeness (QED) is 0.0825. The third-order valence-corrected chi connectivity index (χ3v) is 6.42. The van der Waals surface area contributed by atoms with E-state index in [1.807, 2.05) is 6.92 Å². The lowest BCUT2D eigenvalue weighted by Gasteiger charge is -2.41. The van der Waals surface area contributed by atoms with Gasteiger partial charge in [-0.15, -0.1) is 0 Å². The number of hydrogen-bond acceptors (Lipinski definition) is 11. The summed E-state index contributed by atoms with van der Waals surface area (Å²) in [4.78, 5) is 0. The summed E-state index contributed by atoms with van der Waals surface area (Å²) < 4.78 is 16.4. The fourth-order valence-corrected chi connectivity index (χ4v) is 4.22. The molecule has 1 aliphatic rings. The molecule has 0 aliphatic carbocycles. The van der Waals surface area contributed by atoms with E-state index in [1.165, 1.54) is 19.3 Å². The smallest absolute Gasteiger partial charge is 0.187 e. The summed E-state index contributed by atoms with van der Waals surface area (Å²) in [6, 6.07) is 0. The predicted octanol–water partition coefficient (Wildman–Crippen LogP) is -0.470. The zero-order valence-corrected chi connectivity index (χ0v) is 21.1. The largest absolute Gasteiger partial charge is 0.396 e. The van der Waals surface area contributed by atoms with Gasteiger partial charge in [-0.1, -0.05) is 58.8 Å². The molecule has 5 unspecified atom stereocenters. The van der Waals surface area contributed by atoms with Gasteiger partial charge in [0.05, 0.1) is 18.8 Å². The first-order valence-electron chi connectivity index (χ1n) is 13.0. The van der Waals surface area contributed by atoms with Crippen LogP contribution in [0.5, 0.6) is 0 Å². The second-order valence-electron chi connectivity index (χ2n) is 9.36. The zero-order chi connectivity index (χ0) is 26.4. The summed E-state index contributed by atoms with van der Waals surface area (Å²) in [6.45, 7) is 3.02. The van der Waals surface area contributed by atoms with E-state index in [1.54, 1.807) is 0 Å². The molecule has 11 nitrogen and oxygen atoms in total. The third kappa shape index (κ3) is 10.8. The molecule has 0 aromatic heterocycles. The fraction of sp³-hybridized carbons (Fsp3) is 1.00. The highest BCUT2D eigenvalue weighted by Gasteiger charge is 2.46. The maximum atomic E-state index is 10.7. The van der Waals surface area contributed by atoms with Crippen LogP contribution < -0.4 is 0 Å². The third-order valence-electron chi connectivity index (χ3n) is 6.42. The number of hydrogen-bond donors (Lipinski definition) is 8. The van der Waals surface area contributed by atoms with Crippen molar-refractivity contribution in [3.05, 3.63) is 0 Å². The van der Waals surface area contributed by atoms with Crippen molar-refractivity contribution in [1.29, 1.82) is 0 Å². The van der Waals surface area contributed by atoms with Crippen molar-refractivity contribution in [3.63, 3.8) is 0 Å². The first-order valence-corrected chi connectivity index (χ1v) is 13.0. The second-order valence-corrected chi connectivity index (χ2v) is 9.36. The van der Waals surface area contributed by atoms with Crippen LogP contribution in [0.25, 0.3) is 0 Å². The van der Waals surface area contributed by atoms with Crippen molar-refractivity contribution >= 4 is 0 Å². The average molecular weight is 513 g/mol. The summed E-state index contributed by atoms with van der Waals surface area (Å²) in [5.74, 6) is 0. The highest BCUT2D eigenvalue weighted by atomic mass is 16.7. The van der Waals surface area contributed by atoms with Crippen LogP contribution in [-0.2, 0) is 14.2 Å². The van der Waals surface area contributed by atoms with Gasteiger partial charge in [-0.3, -0.25) is 0 Å². The van der Waals surface area contributed by atoms with Crippen LogP contribution in [-0.4, -0.2) is 115 Å². The molecule has 1 heterocycles. The van der Waals surface area contributed by atoms with Gasteiger partial charge >= 0.3 is 0 Å². The molecule has 0 saturated carbocycles. The summed E-state index contributed by atoms with van der Waals surface area (Å²) in [5.41, 5.74) is 0. The van der Waals surface area contributed by atoms with E-state index in [0.29, 0.717) is 12.8 Å². The summed E-state index contributed by atoms with van der Waals surface area (Å²) in [7, 11) is 0. The van der Waals surface area contributed by atoms with Crippen molar-refractivity contribution in [3.8, 4) is 0 Å². The Bertz CT molecular complexity index is 524. The molecule has 0 aromatic carbocycles. The molecule has 0 aromatic rings. The monoisotopic (exact) mass is 512 g/mol. The van der Waals surface area contributed by atoms with Gasteiger partial charge in [0.1, 0.15) is 36.6 Å². The molecule has 11 heteroatoms. The number of aliphatic hydroxyl groups excluding tert-OH is 8. The molecule has 1 saturated heterocycles. The molecular formula is C24H48O11. The Balaban J connectivity index is 2.70. The zero-order valence-electron chi connectivity index (χ0n) is 21.1. The normalized spacial score (nSPS) is 29.5. The Hall–Kier alpha value is -0.440. The van der Waals surface area contributed by atoms with E-state index in [2.05, 4.69) is 6.92 Å². The Kier molecular flexibility index (Phi) is 16.7. The van der Waals surface area contributed by atoms with Crippen LogP contribution in [0.4, 0.5) is 0 Å². The molecule has 8 N–H and O–H groups in total. The van der Waals surface area contributed by atoms with E-state index >= 15 is 0 Å². The Morgan fingerprint density at radius 2 is 1.40 bits per heavy atom. The maximum Gasteiger partial charge on any atom is 0.187 e.